The lowest BCUT2D eigenvalue weighted by Crippen LogP contribution is -2.31. The van der Waals surface area contributed by atoms with Gasteiger partial charge in [-0.2, -0.15) is 0 Å². The number of aliphatic hydroxyl groups excluding tert-OH is 1. The SMILES string of the molecule is CCCCCN1C(=O)C(=O)/C(=C(/O)c2ccc3c(c2)CC(C)O3)C1c1ccccc1C. The molecule has 0 aromatic heterocycles. The molecule has 31 heavy (non-hydrogen) atoms. The number of hydrogen-bond acceptors (Lipinski definition) is 4. The zero-order valence-electron chi connectivity index (χ0n) is 18.4. The van der Waals surface area contributed by atoms with Crippen molar-refractivity contribution in [3.63, 3.8) is 0 Å². The first kappa shape index (κ1) is 21.2. The van der Waals surface area contributed by atoms with Gasteiger partial charge in [0.2, 0.25) is 0 Å². The van der Waals surface area contributed by atoms with Crippen LogP contribution in [0.3, 0.4) is 0 Å². The van der Waals surface area contributed by atoms with E-state index in [9.17, 15) is 14.7 Å². The Hall–Kier alpha value is -3.08. The van der Waals surface area contributed by atoms with Crippen LogP contribution in [0.25, 0.3) is 5.76 Å². The van der Waals surface area contributed by atoms with Gasteiger partial charge in [0.1, 0.15) is 17.6 Å². The highest BCUT2D eigenvalue weighted by Crippen LogP contribution is 2.41. The molecular formula is C26H29NO4. The number of ether oxygens (including phenoxy) is 1. The van der Waals surface area contributed by atoms with Gasteiger partial charge in [0.15, 0.2) is 0 Å². The average Bonchev–Trinajstić information content (AvgIpc) is 3.24. The van der Waals surface area contributed by atoms with Crippen molar-refractivity contribution in [2.75, 3.05) is 6.54 Å². The molecule has 2 unspecified atom stereocenters. The average molecular weight is 420 g/mol. The quantitative estimate of drug-likeness (QED) is 0.312. The maximum absolute atomic E-state index is 13.1. The topological polar surface area (TPSA) is 66.8 Å². The van der Waals surface area contributed by atoms with Crippen LogP contribution in [-0.2, 0) is 16.0 Å². The number of benzene rings is 2. The van der Waals surface area contributed by atoms with Gasteiger partial charge in [-0.3, -0.25) is 9.59 Å². The Balaban J connectivity index is 1.82. The summed E-state index contributed by atoms with van der Waals surface area (Å²) in [4.78, 5) is 27.7. The molecule has 0 spiro atoms. The van der Waals surface area contributed by atoms with E-state index in [0.29, 0.717) is 12.1 Å². The molecule has 2 aromatic carbocycles. The molecule has 5 heteroatoms. The van der Waals surface area contributed by atoms with Gasteiger partial charge >= 0.3 is 0 Å². The minimum Gasteiger partial charge on any atom is -0.507 e. The fourth-order valence-corrected chi connectivity index (χ4v) is 4.58. The van der Waals surface area contributed by atoms with Gasteiger partial charge in [0, 0.05) is 18.5 Å². The predicted octanol–water partition coefficient (Wildman–Crippen LogP) is 4.93. The number of Topliss-reactive ketones (excluding diaryl/α,β-unsaturated/α-hetero) is 1. The summed E-state index contributed by atoms with van der Waals surface area (Å²) in [5, 5.41) is 11.3. The van der Waals surface area contributed by atoms with Gasteiger partial charge in [-0.05, 0) is 55.2 Å². The summed E-state index contributed by atoms with van der Waals surface area (Å²) in [5.74, 6) is -0.470. The molecule has 0 radical (unpaired) electrons. The summed E-state index contributed by atoms with van der Waals surface area (Å²) >= 11 is 0. The van der Waals surface area contributed by atoms with Crippen molar-refractivity contribution >= 4 is 17.4 Å². The molecule has 2 aromatic rings. The zero-order chi connectivity index (χ0) is 22.1. The summed E-state index contributed by atoms with van der Waals surface area (Å²) in [7, 11) is 0. The molecule has 0 aliphatic carbocycles. The molecular weight excluding hydrogens is 390 g/mol. The van der Waals surface area contributed by atoms with Gasteiger partial charge in [0.25, 0.3) is 11.7 Å². The normalized spacial score (nSPS) is 22.0. The highest BCUT2D eigenvalue weighted by Gasteiger charge is 2.46. The van der Waals surface area contributed by atoms with Crippen molar-refractivity contribution in [1.82, 2.24) is 4.90 Å². The lowest BCUT2D eigenvalue weighted by Gasteiger charge is -2.26. The van der Waals surface area contributed by atoms with Crippen LogP contribution in [0, 0.1) is 6.92 Å². The second-order valence-corrected chi connectivity index (χ2v) is 8.51. The zero-order valence-corrected chi connectivity index (χ0v) is 18.4. The number of amides is 1. The van der Waals surface area contributed by atoms with Gasteiger partial charge < -0.3 is 14.7 Å². The number of nitrogens with zero attached hydrogens (tertiary/aromatic N) is 1. The number of likely N-dealkylation sites (tertiary alicyclic amines) is 1. The van der Waals surface area contributed by atoms with Crippen molar-refractivity contribution in [2.24, 2.45) is 0 Å². The molecule has 5 nitrogen and oxygen atoms in total. The largest absolute Gasteiger partial charge is 0.507 e. The van der Waals surface area contributed by atoms with Gasteiger partial charge in [-0.15, -0.1) is 0 Å². The van der Waals surface area contributed by atoms with Crippen molar-refractivity contribution in [1.29, 1.82) is 0 Å². The summed E-state index contributed by atoms with van der Waals surface area (Å²) in [5.41, 5.74) is 3.57. The van der Waals surface area contributed by atoms with Gasteiger partial charge in [-0.25, -0.2) is 0 Å². The number of rotatable bonds is 6. The Bertz CT molecular complexity index is 1060. The van der Waals surface area contributed by atoms with Crippen LogP contribution < -0.4 is 4.74 Å². The van der Waals surface area contributed by atoms with E-state index < -0.39 is 17.7 Å². The van der Waals surface area contributed by atoms with Crippen LogP contribution in [0.5, 0.6) is 5.75 Å². The molecule has 1 fully saturated rings. The smallest absolute Gasteiger partial charge is 0.295 e. The van der Waals surface area contributed by atoms with Crippen molar-refractivity contribution in [2.45, 2.75) is 58.6 Å². The first-order chi connectivity index (χ1) is 14.9. The Kier molecular flexibility index (Phi) is 5.86. The fourth-order valence-electron chi connectivity index (χ4n) is 4.58. The summed E-state index contributed by atoms with van der Waals surface area (Å²) in [6, 6.07) is 12.6. The van der Waals surface area contributed by atoms with E-state index in [2.05, 4.69) is 6.92 Å². The van der Waals surface area contributed by atoms with Crippen LogP contribution in [0.1, 0.15) is 61.4 Å². The molecule has 0 saturated carbocycles. The Morgan fingerprint density at radius 2 is 1.94 bits per heavy atom. The van der Waals surface area contributed by atoms with E-state index in [1.165, 1.54) is 0 Å². The molecule has 0 bridgehead atoms. The van der Waals surface area contributed by atoms with Crippen LogP contribution >= 0.6 is 0 Å². The summed E-state index contributed by atoms with van der Waals surface area (Å²) in [6.45, 7) is 6.56. The van der Waals surface area contributed by atoms with Crippen LogP contribution in [0.4, 0.5) is 0 Å². The van der Waals surface area contributed by atoms with E-state index >= 15 is 0 Å². The van der Waals surface area contributed by atoms with E-state index in [1.54, 1.807) is 11.0 Å². The first-order valence-corrected chi connectivity index (χ1v) is 11.1. The molecule has 1 saturated heterocycles. The van der Waals surface area contributed by atoms with Crippen molar-refractivity contribution in [3.05, 3.63) is 70.3 Å². The Labute approximate surface area is 183 Å². The second-order valence-electron chi connectivity index (χ2n) is 8.51. The van der Waals surface area contributed by atoms with E-state index in [0.717, 1.165) is 48.1 Å². The van der Waals surface area contributed by atoms with Gasteiger partial charge in [-0.1, -0.05) is 44.0 Å². The number of aryl methyl sites for hydroxylation is 1. The minimum absolute atomic E-state index is 0.0866. The third-order valence-electron chi connectivity index (χ3n) is 6.20. The number of fused-ring (bicyclic) bond motifs is 1. The third kappa shape index (κ3) is 3.85. The highest BCUT2D eigenvalue weighted by atomic mass is 16.5. The number of ketones is 1. The molecule has 4 rings (SSSR count). The molecule has 2 heterocycles. The Morgan fingerprint density at radius 3 is 2.68 bits per heavy atom. The van der Waals surface area contributed by atoms with E-state index in [-0.39, 0.29) is 17.4 Å². The van der Waals surface area contributed by atoms with Gasteiger partial charge in [0.05, 0.1) is 11.6 Å². The molecule has 162 valence electrons. The molecule has 2 atom stereocenters. The van der Waals surface area contributed by atoms with Crippen molar-refractivity contribution < 1.29 is 19.4 Å². The molecule has 1 N–H and O–H groups in total. The number of hydrogen-bond donors (Lipinski definition) is 1. The summed E-state index contributed by atoms with van der Waals surface area (Å²) < 4.78 is 5.76. The third-order valence-corrected chi connectivity index (χ3v) is 6.20. The molecule has 2 aliphatic heterocycles. The number of aliphatic hydroxyl groups is 1. The minimum atomic E-state index is -0.618. The van der Waals surface area contributed by atoms with Crippen molar-refractivity contribution in [3.8, 4) is 5.75 Å². The maximum Gasteiger partial charge on any atom is 0.295 e. The van der Waals surface area contributed by atoms with Crippen LogP contribution in [0.15, 0.2) is 48.0 Å². The Morgan fingerprint density at radius 1 is 1.16 bits per heavy atom. The number of carbonyl (C=O) groups is 2. The fraction of sp³-hybridized carbons (Fsp3) is 0.385. The number of unbranched alkanes of at least 4 members (excludes halogenated alkanes) is 2. The van der Waals surface area contributed by atoms with Crippen LogP contribution in [-0.4, -0.2) is 34.3 Å². The maximum atomic E-state index is 13.1. The molecule has 1 amide bonds. The number of carbonyl (C=O) groups excluding carboxylic acids is 2. The summed E-state index contributed by atoms with van der Waals surface area (Å²) in [6.07, 6.45) is 3.66. The lowest BCUT2D eigenvalue weighted by atomic mass is 9.92. The van der Waals surface area contributed by atoms with Crippen LogP contribution in [0.2, 0.25) is 0 Å². The second kappa shape index (κ2) is 8.58. The molecule has 2 aliphatic rings. The highest BCUT2D eigenvalue weighted by molar-refractivity contribution is 6.46. The monoisotopic (exact) mass is 419 g/mol. The lowest BCUT2D eigenvalue weighted by molar-refractivity contribution is -0.139. The standard InChI is InChI=1S/C26H29NO4/c1-4-5-8-13-27-23(20-10-7-6-9-16(20)2)22(25(29)26(27)30)24(28)18-11-12-21-19(15-18)14-17(3)31-21/h6-7,9-12,15,17,23,28H,4-5,8,13-14H2,1-3H3/b24-22+. The van der Waals surface area contributed by atoms with E-state index in [1.807, 2.05) is 50.2 Å². The predicted molar refractivity (Wildman–Crippen MR) is 120 cm³/mol. The van der Waals surface area contributed by atoms with E-state index in [4.69, 9.17) is 4.74 Å². The first-order valence-electron chi connectivity index (χ1n) is 11.1.